The van der Waals surface area contributed by atoms with Gasteiger partial charge in [0.1, 0.15) is 0 Å². The first-order chi connectivity index (χ1) is 11.7. The van der Waals surface area contributed by atoms with E-state index in [1.165, 1.54) is 4.68 Å². The van der Waals surface area contributed by atoms with Crippen LogP contribution in [0.5, 0.6) is 0 Å². The minimum atomic E-state index is -0.113. The van der Waals surface area contributed by atoms with Crippen molar-refractivity contribution in [2.24, 2.45) is 0 Å². The van der Waals surface area contributed by atoms with Gasteiger partial charge in [-0.25, -0.2) is 9.48 Å². The first-order valence-corrected chi connectivity index (χ1v) is 9.22. The maximum Gasteiger partial charge on any atom is 0.350 e. The van der Waals surface area contributed by atoms with Gasteiger partial charge in [-0.3, -0.25) is 4.40 Å². The number of unbranched alkanes of at least 4 members (excludes halogenated alkanes) is 1. The molecule has 0 aliphatic rings. The van der Waals surface area contributed by atoms with Gasteiger partial charge < -0.3 is 4.52 Å². The summed E-state index contributed by atoms with van der Waals surface area (Å²) in [6.45, 7) is 4.72. The molecule has 0 aliphatic heterocycles. The van der Waals surface area contributed by atoms with Gasteiger partial charge in [-0.15, -0.1) is 16.9 Å². The molecule has 0 bridgehead atoms. The zero-order chi connectivity index (χ0) is 16.9. The fourth-order valence-corrected chi connectivity index (χ4v) is 3.24. The summed E-state index contributed by atoms with van der Waals surface area (Å²) in [5, 5.41) is 8.43. The number of pyridine rings is 1. The number of nitrogens with zero attached hydrogens (tertiary/aromatic N) is 5. The molecule has 128 valence electrons. The van der Waals surface area contributed by atoms with E-state index in [2.05, 4.69) is 22.2 Å². The van der Waals surface area contributed by atoms with Crippen LogP contribution in [0.15, 0.2) is 33.7 Å². The van der Waals surface area contributed by atoms with E-state index in [0.29, 0.717) is 18.1 Å². The Hall–Kier alpha value is -2.09. The predicted octanol–water partition coefficient (Wildman–Crippen LogP) is 2.72. The van der Waals surface area contributed by atoms with Crippen LogP contribution < -0.4 is 5.69 Å². The molecule has 3 heterocycles. The SMILES string of the molecule is CCCCc1noc([C@H](C)SCCn2nc3ccccn3c2=O)n1. The van der Waals surface area contributed by atoms with Crippen LogP contribution in [-0.4, -0.2) is 30.1 Å². The largest absolute Gasteiger partial charge is 0.350 e. The van der Waals surface area contributed by atoms with E-state index in [1.54, 1.807) is 22.4 Å². The van der Waals surface area contributed by atoms with Gasteiger partial charge in [0.15, 0.2) is 11.5 Å². The molecule has 1 atom stereocenters. The average molecular weight is 347 g/mol. The van der Waals surface area contributed by atoms with E-state index in [4.69, 9.17) is 4.52 Å². The van der Waals surface area contributed by atoms with E-state index < -0.39 is 0 Å². The van der Waals surface area contributed by atoms with E-state index >= 15 is 0 Å². The lowest BCUT2D eigenvalue weighted by Gasteiger charge is -2.05. The predicted molar refractivity (Wildman–Crippen MR) is 93.2 cm³/mol. The zero-order valence-electron chi connectivity index (χ0n) is 13.9. The van der Waals surface area contributed by atoms with Gasteiger partial charge >= 0.3 is 5.69 Å². The third-order valence-electron chi connectivity index (χ3n) is 3.74. The van der Waals surface area contributed by atoms with E-state index in [9.17, 15) is 4.79 Å². The number of thioether (sulfide) groups is 1. The summed E-state index contributed by atoms with van der Waals surface area (Å²) in [7, 11) is 0. The monoisotopic (exact) mass is 347 g/mol. The summed E-state index contributed by atoms with van der Waals surface area (Å²) in [5.74, 6) is 2.17. The topological polar surface area (TPSA) is 78.2 Å². The molecule has 0 radical (unpaired) electrons. The molecule has 0 saturated heterocycles. The van der Waals surface area contributed by atoms with Gasteiger partial charge in [0.05, 0.1) is 11.8 Å². The third-order valence-corrected chi connectivity index (χ3v) is 4.86. The molecule has 7 nitrogen and oxygen atoms in total. The zero-order valence-corrected chi connectivity index (χ0v) is 14.7. The van der Waals surface area contributed by atoms with Crippen molar-refractivity contribution in [2.45, 2.75) is 44.9 Å². The lowest BCUT2D eigenvalue weighted by Crippen LogP contribution is -2.22. The molecule has 8 heteroatoms. The summed E-state index contributed by atoms with van der Waals surface area (Å²) in [6, 6.07) is 5.52. The van der Waals surface area contributed by atoms with E-state index in [0.717, 1.165) is 30.8 Å². The Labute approximate surface area is 144 Å². The van der Waals surface area contributed by atoms with Crippen LogP contribution in [-0.2, 0) is 13.0 Å². The molecule has 0 saturated carbocycles. The van der Waals surface area contributed by atoms with Gasteiger partial charge in [-0.1, -0.05) is 24.6 Å². The Morgan fingerprint density at radius 3 is 3.04 bits per heavy atom. The second kappa shape index (κ2) is 7.65. The number of fused-ring (bicyclic) bond motifs is 1. The van der Waals surface area contributed by atoms with Gasteiger partial charge in [0, 0.05) is 18.4 Å². The highest BCUT2D eigenvalue weighted by Crippen LogP contribution is 2.26. The molecular formula is C16H21N5O2S. The highest BCUT2D eigenvalue weighted by atomic mass is 32.2. The Bertz CT molecular complexity index is 853. The molecule has 3 aromatic heterocycles. The summed E-state index contributed by atoms with van der Waals surface area (Å²) < 4.78 is 8.37. The molecule has 0 unspecified atom stereocenters. The first-order valence-electron chi connectivity index (χ1n) is 8.17. The molecule has 3 aromatic rings. The molecule has 0 amide bonds. The number of aromatic nitrogens is 5. The number of hydrogen-bond donors (Lipinski definition) is 0. The molecular weight excluding hydrogens is 326 g/mol. The van der Waals surface area contributed by atoms with Crippen molar-refractivity contribution in [3.05, 3.63) is 46.6 Å². The Balaban J connectivity index is 1.56. The Kier molecular flexibility index (Phi) is 5.34. The van der Waals surface area contributed by atoms with Crippen molar-refractivity contribution < 1.29 is 4.52 Å². The highest BCUT2D eigenvalue weighted by molar-refractivity contribution is 7.99. The van der Waals surface area contributed by atoms with Gasteiger partial charge in [-0.2, -0.15) is 4.98 Å². The minimum Gasteiger partial charge on any atom is -0.338 e. The second-order valence-corrected chi connectivity index (χ2v) is 7.05. The maximum absolute atomic E-state index is 12.2. The van der Waals surface area contributed by atoms with Crippen LogP contribution in [0, 0.1) is 0 Å². The van der Waals surface area contributed by atoms with Crippen LogP contribution in [0.3, 0.4) is 0 Å². The average Bonchev–Trinajstić information content (AvgIpc) is 3.19. The molecule has 0 fully saturated rings. The van der Waals surface area contributed by atoms with Crippen molar-refractivity contribution >= 4 is 17.4 Å². The van der Waals surface area contributed by atoms with Crippen LogP contribution in [0.4, 0.5) is 0 Å². The molecule has 24 heavy (non-hydrogen) atoms. The van der Waals surface area contributed by atoms with Crippen molar-refractivity contribution in [3.8, 4) is 0 Å². The quantitative estimate of drug-likeness (QED) is 0.623. The lowest BCUT2D eigenvalue weighted by atomic mass is 10.2. The van der Waals surface area contributed by atoms with Crippen LogP contribution >= 0.6 is 11.8 Å². The van der Waals surface area contributed by atoms with E-state index in [-0.39, 0.29) is 10.9 Å². The van der Waals surface area contributed by atoms with Crippen molar-refractivity contribution in [2.75, 3.05) is 5.75 Å². The van der Waals surface area contributed by atoms with Crippen LogP contribution in [0.1, 0.15) is 43.7 Å². The van der Waals surface area contributed by atoms with Crippen LogP contribution in [0.2, 0.25) is 0 Å². The van der Waals surface area contributed by atoms with Crippen molar-refractivity contribution in [1.82, 2.24) is 24.3 Å². The van der Waals surface area contributed by atoms with Crippen molar-refractivity contribution in [3.63, 3.8) is 0 Å². The number of hydrogen-bond acceptors (Lipinski definition) is 6. The third kappa shape index (κ3) is 3.69. The van der Waals surface area contributed by atoms with Crippen molar-refractivity contribution in [1.29, 1.82) is 0 Å². The standard InChI is InChI=1S/C16H21N5O2S/c1-3-4-7-13-17-15(23-19-13)12(2)24-11-10-21-16(22)20-9-6-5-8-14(20)18-21/h5-6,8-9,12H,3-4,7,10-11H2,1-2H3/t12-/m0/s1. The first kappa shape index (κ1) is 16.8. The number of rotatable bonds is 8. The summed E-state index contributed by atoms with van der Waals surface area (Å²) in [5.41, 5.74) is 0.552. The lowest BCUT2D eigenvalue weighted by molar-refractivity contribution is 0.374. The smallest absolute Gasteiger partial charge is 0.338 e. The molecule has 0 aromatic carbocycles. The fraction of sp³-hybridized carbons (Fsp3) is 0.500. The van der Waals surface area contributed by atoms with E-state index in [1.807, 2.05) is 25.1 Å². The molecule has 0 aliphatic carbocycles. The summed E-state index contributed by atoms with van der Waals surface area (Å²) >= 11 is 1.67. The van der Waals surface area contributed by atoms with Gasteiger partial charge in [0.2, 0.25) is 5.89 Å². The highest BCUT2D eigenvalue weighted by Gasteiger charge is 2.15. The van der Waals surface area contributed by atoms with Gasteiger partial charge in [0.25, 0.3) is 0 Å². The molecule has 0 N–H and O–H groups in total. The molecule has 0 spiro atoms. The normalized spacial score (nSPS) is 12.8. The summed E-state index contributed by atoms with van der Waals surface area (Å²) in [4.78, 5) is 16.6. The second-order valence-electron chi connectivity index (χ2n) is 5.60. The fourth-order valence-electron chi connectivity index (χ4n) is 2.37. The number of aryl methyl sites for hydroxylation is 2. The maximum atomic E-state index is 12.2. The Morgan fingerprint density at radius 2 is 2.25 bits per heavy atom. The Morgan fingerprint density at radius 1 is 1.38 bits per heavy atom. The van der Waals surface area contributed by atoms with Crippen LogP contribution in [0.25, 0.3) is 5.65 Å². The minimum absolute atomic E-state index is 0.0978. The summed E-state index contributed by atoms with van der Waals surface area (Å²) in [6.07, 6.45) is 4.76. The van der Waals surface area contributed by atoms with Gasteiger partial charge in [-0.05, 0) is 25.5 Å². The molecule has 3 rings (SSSR count).